The lowest BCUT2D eigenvalue weighted by molar-refractivity contribution is -0.115. The van der Waals surface area contributed by atoms with Crippen molar-refractivity contribution in [2.45, 2.75) is 13.0 Å². The maximum atomic E-state index is 10.1. The van der Waals surface area contributed by atoms with Crippen LogP contribution in [0.3, 0.4) is 0 Å². The minimum atomic E-state index is -0.976. The van der Waals surface area contributed by atoms with Crippen LogP contribution in [0, 0.1) is 6.92 Å². The van der Waals surface area contributed by atoms with E-state index in [1.165, 1.54) is 0 Å². The monoisotopic (exact) mass is 150 g/mol. The van der Waals surface area contributed by atoms with Crippen molar-refractivity contribution in [3.8, 4) is 0 Å². The van der Waals surface area contributed by atoms with Gasteiger partial charge >= 0.3 is 0 Å². The average molecular weight is 150 g/mol. The van der Waals surface area contributed by atoms with Gasteiger partial charge < -0.3 is 9.90 Å². The number of aryl methyl sites for hydroxylation is 1. The Kier molecular flexibility index (Phi) is 2.39. The quantitative estimate of drug-likeness (QED) is 0.644. The maximum Gasteiger partial charge on any atom is 0.153 e. The summed E-state index contributed by atoms with van der Waals surface area (Å²) in [6.07, 6.45) is -0.458. The molecule has 1 aromatic rings. The van der Waals surface area contributed by atoms with Gasteiger partial charge in [0.1, 0.15) is 6.10 Å². The predicted octanol–water partition coefficient (Wildman–Crippen LogP) is 1.23. The number of aldehydes is 1. The van der Waals surface area contributed by atoms with Crippen LogP contribution in [0.1, 0.15) is 17.2 Å². The summed E-state index contributed by atoms with van der Waals surface area (Å²) in [5, 5.41) is 9.05. The van der Waals surface area contributed by atoms with E-state index < -0.39 is 6.10 Å². The van der Waals surface area contributed by atoms with E-state index in [4.69, 9.17) is 5.11 Å². The lowest BCUT2D eigenvalue weighted by atomic mass is 10.1. The van der Waals surface area contributed by atoms with E-state index >= 15 is 0 Å². The Hall–Kier alpha value is -1.15. The topological polar surface area (TPSA) is 37.3 Å². The molecule has 58 valence electrons. The lowest BCUT2D eigenvalue weighted by Crippen LogP contribution is -1.97. The van der Waals surface area contributed by atoms with Crippen molar-refractivity contribution in [2.75, 3.05) is 0 Å². The molecule has 0 spiro atoms. The van der Waals surface area contributed by atoms with Crippen LogP contribution in [0.15, 0.2) is 24.3 Å². The van der Waals surface area contributed by atoms with E-state index in [2.05, 4.69) is 0 Å². The second-order valence-electron chi connectivity index (χ2n) is 2.49. The van der Waals surface area contributed by atoms with Gasteiger partial charge in [0, 0.05) is 0 Å². The molecular formula is C9H10O2. The van der Waals surface area contributed by atoms with Crippen molar-refractivity contribution < 1.29 is 9.90 Å². The number of aliphatic hydroxyl groups is 1. The third kappa shape index (κ3) is 1.88. The molecule has 0 amide bonds. The molecule has 0 saturated carbocycles. The molecule has 1 rings (SSSR count). The largest absolute Gasteiger partial charge is 0.381 e. The summed E-state index contributed by atoms with van der Waals surface area (Å²) in [6.45, 7) is 1.96. The predicted molar refractivity (Wildman–Crippen MR) is 42.2 cm³/mol. The summed E-state index contributed by atoms with van der Waals surface area (Å²) in [5.74, 6) is 0. The second-order valence-corrected chi connectivity index (χ2v) is 2.49. The molecule has 0 saturated heterocycles. The standard InChI is InChI=1S/C9H10O2/c1-7-2-4-8(5-3-7)9(11)6-10/h2-6,9,11H,1H3/t9-/m0/s1. The van der Waals surface area contributed by atoms with Crippen LogP contribution in [0.25, 0.3) is 0 Å². The third-order valence-corrected chi connectivity index (χ3v) is 1.55. The fraction of sp³-hybridized carbons (Fsp3) is 0.222. The normalized spacial score (nSPS) is 12.5. The molecule has 0 aliphatic rings. The Morgan fingerprint density at radius 3 is 2.36 bits per heavy atom. The molecule has 0 radical (unpaired) electrons. The zero-order valence-electron chi connectivity index (χ0n) is 6.32. The van der Waals surface area contributed by atoms with Gasteiger partial charge in [-0.05, 0) is 12.5 Å². The maximum absolute atomic E-state index is 10.1. The van der Waals surface area contributed by atoms with Gasteiger partial charge in [-0.1, -0.05) is 29.8 Å². The molecule has 2 heteroatoms. The fourth-order valence-corrected chi connectivity index (χ4v) is 0.842. The summed E-state index contributed by atoms with van der Waals surface area (Å²) < 4.78 is 0. The van der Waals surface area contributed by atoms with E-state index in [-0.39, 0.29) is 0 Å². The number of hydrogen-bond acceptors (Lipinski definition) is 2. The number of rotatable bonds is 2. The molecule has 0 fully saturated rings. The first-order chi connectivity index (χ1) is 5.24. The Labute approximate surface area is 65.5 Å². The van der Waals surface area contributed by atoms with Crippen molar-refractivity contribution in [2.24, 2.45) is 0 Å². The molecule has 1 atom stereocenters. The highest BCUT2D eigenvalue weighted by Gasteiger charge is 2.02. The van der Waals surface area contributed by atoms with Gasteiger partial charge in [-0.3, -0.25) is 0 Å². The Morgan fingerprint density at radius 2 is 1.91 bits per heavy atom. The summed E-state index contributed by atoms with van der Waals surface area (Å²) in [6, 6.07) is 7.22. The van der Waals surface area contributed by atoms with E-state index in [9.17, 15) is 4.79 Å². The molecule has 1 aromatic carbocycles. The van der Waals surface area contributed by atoms with Crippen molar-refractivity contribution in [3.63, 3.8) is 0 Å². The second kappa shape index (κ2) is 3.30. The van der Waals surface area contributed by atoms with Gasteiger partial charge in [0.15, 0.2) is 6.29 Å². The first-order valence-electron chi connectivity index (χ1n) is 3.44. The van der Waals surface area contributed by atoms with Crippen LogP contribution in [0.2, 0.25) is 0 Å². The van der Waals surface area contributed by atoms with Crippen LogP contribution in [0.5, 0.6) is 0 Å². The highest BCUT2D eigenvalue weighted by molar-refractivity contribution is 5.59. The first kappa shape index (κ1) is 7.95. The summed E-state index contributed by atoms with van der Waals surface area (Å²) in [5.41, 5.74) is 1.76. The Bertz CT molecular complexity index is 238. The SMILES string of the molecule is Cc1ccc([C@@H](O)C=O)cc1. The summed E-state index contributed by atoms with van der Waals surface area (Å²) in [4.78, 5) is 10.1. The molecular weight excluding hydrogens is 140 g/mol. The first-order valence-corrected chi connectivity index (χ1v) is 3.44. The van der Waals surface area contributed by atoms with Crippen molar-refractivity contribution >= 4 is 6.29 Å². The Balaban J connectivity index is 2.89. The molecule has 11 heavy (non-hydrogen) atoms. The molecule has 0 unspecified atom stereocenters. The fourth-order valence-electron chi connectivity index (χ4n) is 0.842. The van der Waals surface area contributed by atoms with Gasteiger partial charge in [-0.15, -0.1) is 0 Å². The van der Waals surface area contributed by atoms with Crippen LogP contribution in [0.4, 0.5) is 0 Å². The average Bonchev–Trinajstić information content (AvgIpc) is 2.05. The van der Waals surface area contributed by atoms with Gasteiger partial charge in [-0.2, -0.15) is 0 Å². The molecule has 0 heterocycles. The van der Waals surface area contributed by atoms with E-state index in [1.807, 2.05) is 19.1 Å². The number of benzene rings is 1. The molecule has 2 nitrogen and oxygen atoms in total. The van der Waals surface area contributed by atoms with Crippen LogP contribution < -0.4 is 0 Å². The zero-order chi connectivity index (χ0) is 8.27. The lowest BCUT2D eigenvalue weighted by Gasteiger charge is -2.01. The van der Waals surface area contributed by atoms with E-state index in [1.54, 1.807) is 12.1 Å². The molecule has 1 N–H and O–H groups in total. The number of aliphatic hydroxyl groups excluding tert-OH is 1. The highest BCUT2D eigenvalue weighted by Crippen LogP contribution is 2.10. The third-order valence-electron chi connectivity index (χ3n) is 1.55. The van der Waals surface area contributed by atoms with Crippen LogP contribution in [-0.2, 0) is 4.79 Å². The molecule has 0 aromatic heterocycles. The molecule has 0 bridgehead atoms. The smallest absolute Gasteiger partial charge is 0.153 e. The van der Waals surface area contributed by atoms with Crippen molar-refractivity contribution in [3.05, 3.63) is 35.4 Å². The van der Waals surface area contributed by atoms with Gasteiger partial charge in [-0.25, -0.2) is 0 Å². The van der Waals surface area contributed by atoms with Gasteiger partial charge in [0.25, 0.3) is 0 Å². The van der Waals surface area contributed by atoms with E-state index in [0.717, 1.165) is 5.56 Å². The van der Waals surface area contributed by atoms with Gasteiger partial charge in [0.2, 0.25) is 0 Å². The van der Waals surface area contributed by atoms with Crippen molar-refractivity contribution in [1.82, 2.24) is 0 Å². The molecule has 0 aliphatic carbocycles. The van der Waals surface area contributed by atoms with Gasteiger partial charge in [0.05, 0.1) is 0 Å². The highest BCUT2D eigenvalue weighted by atomic mass is 16.3. The molecule has 0 aliphatic heterocycles. The van der Waals surface area contributed by atoms with Crippen LogP contribution >= 0.6 is 0 Å². The number of carbonyl (C=O) groups is 1. The Morgan fingerprint density at radius 1 is 1.36 bits per heavy atom. The minimum absolute atomic E-state index is 0.519. The van der Waals surface area contributed by atoms with Crippen LogP contribution in [-0.4, -0.2) is 11.4 Å². The zero-order valence-corrected chi connectivity index (χ0v) is 6.32. The number of carbonyl (C=O) groups excluding carboxylic acids is 1. The van der Waals surface area contributed by atoms with Crippen molar-refractivity contribution in [1.29, 1.82) is 0 Å². The summed E-state index contributed by atoms with van der Waals surface area (Å²) >= 11 is 0. The van der Waals surface area contributed by atoms with E-state index in [0.29, 0.717) is 11.8 Å². The minimum Gasteiger partial charge on any atom is -0.381 e. The summed E-state index contributed by atoms with van der Waals surface area (Å²) in [7, 11) is 0. The number of hydrogen-bond donors (Lipinski definition) is 1.